The first-order valence-electron chi connectivity index (χ1n) is 11.5. The highest BCUT2D eigenvalue weighted by Gasteiger charge is 2.26. The molecule has 170 valence electrons. The first-order chi connectivity index (χ1) is 15.0. The van der Waals surface area contributed by atoms with Crippen LogP contribution < -0.4 is 4.74 Å². The Bertz CT molecular complexity index is 959. The number of benzene rings is 1. The molecule has 1 aromatic carbocycles. The minimum Gasteiger partial charge on any atom is -0.492 e. The lowest BCUT2D eigenvalue weighted by atomic mass is 9.95. The van der Waals surface area contributed by atoms with E-state index in [1.807, 2.05) is 12.1 Å². The summed E-state index contributed by atoms with van der Waals surface area (Å²) in [6.45, 7) is 3.36. The summed E-state index contributed by atoms with van der Waals surface area (Å²) >= 11 is 0. The number of sulfonamides is 1. The Balaban J connectivity index is 1.52. The first-order valence-corrected chi connectivity index (χ1v) is 12.9. The number of hydrogen-bond donors (Lipinski definition) is 0. The monoisotopic (exact) mass is 446 g/mol. The van der Waals surface area contributed by atoms with Crippen LogP contribution in [0, 0.1) is 0 Å². The van der Waals surface area contributed by atoms with Crippen LogP contribution in [0.2, 0.25) is 0 Å². The number of ether oxygens (including phenoxy) is 1. The van der Waals surface area contributed by atoms with Crippen LogP contribution in [0.1, 0.15) is 44.1 Å². The van der Waals surface area contributed by atoms with Crippen molar-refractivity contribution in [3.05, 3.63) is 42.2 Å². The molecule has 2 aliphatic rings. The van der Waals surface area contributed by atoms with Crippen LogP contribution in [0.3, 0.4) is 0 Å². The van der Waals surface area contributed by atoms with Gasteiger partial charge in [-0.1, -0.05) is 18.6 Å². The van der Waals surface area contributed by atoms with Crippen molar-refractivity contribution in [2.45, 2.75) is 55.9 Å². The zero-order chi connectivity index (χ0) is 21.7. The van der Waals surface area contributed by atoms with Gasteiger partial charge in [0.1, 0.15) is 17.3 Å². The summed E-state index contributed by atoms with van der Waals surface area (Å²) in [5, 5.41) is 4.05. The fourth-order valence-corrected chi connectivity index (χ4v) is 6.16. The van der Waals surface area contributed by atoms with Gasteiger partial charge >= 0.3 is 0 Å². The topological polar surface area (TPSA) is 67.7 Å². The van der Waals surface area contributed by atoms with Crippen LogP contribution in [-0.2, 0) is 23.5 Å². The summed E-state index contributed by atoms with van der Waals surface area (Å²) in [7, 11) is -1.86. The molecule has 0 N–H and O–H groups in total. The number of piperidine rings is 1. The Kier molecular flexibility index (Phi) is 7.30. The number of fused-ring (bicyclic) bond motifs is 3. The van der Waals surface area contributed by atoms with E-state index in [4.69, 9.17) is 4.74 Å². The summed E-state index contributed by atoms with van der Waals surface area (Å²) in [6.07, 6.45) is 10.9. The number of aromatic nitrogens is 2. The van der Waals surface area contributed by atoms with E-state index in [0.29, 0.717) is 25.7 Å². The smallest absolute Gasteiger partial charge is 0.246 e. The molecule has 0 aliphatic carbocycles. The van der Waals surface area contributed by atoms with Gasteiger partial charge in [-0.2, -0.15) is 9.40 Å². The summed E-state index contributed by atoms with van der Waals surface area (Å²) in [5.41, 5.74) is 1.29. The van der Waals surface area contributed by atoms with Crippen molar-refractivity contribution in [3.8, 4) is 5.75 Å². The predicted octanol–water partition coefficient (Wildman–Crippen LogP) is 3.07. The van der Waals surface area contributed by atoms with Crippen molar-refractivity contribution in [1.29, 1.82) is 0 Å². The van der Waals surface area contributed by atoms with Crippen LogP contribution >= 0.6 is 0 Å². The van der Waals surface area contributed by atoms with Crippen LogP contribution in [-0.4, -0.2) is 66.2 Å². The fraction of sp³-hybridized carbons (Fsp3) is 0.609. The van der Waals surface area contributed by atoms with E-state index in [0.717, 1.165) is 38.1 Å². The minimum atomic E-state index is -3.59. The molecule has 1 saturated heterocycles. The van der Waals surface area contributed by atoms with Crippen molar-refractivity contribution in [2.75, 3.05) is 32.8 Å². The lowest BCUT2D eigenvalue weighted by Crippen LogP contribution is -2.40. The first kappa shape index (κ1) is 22.3. The van der Waals surface area contributed by atoms with Crippen molar-refractivity contribution in [2.24, 2.45) is 7.05 Å². The quantitative estimate of drug-likeness (QED) is 0.709. The standard InChI is InChI=1S/C23H34N4O3S/c1-25-19-23(18-24-25)31(28,29)27-14-5-4-13-26-12-3-2-8-21(26)11-10-20-7-6-9-22(17-20)30-16-15-27/h6-7,9,17-19,21H,2-5,8,10-16H2,1H3. The number of nitrogens with zero attached hydrogens (tertiary/aromatic N) is 4. The minimum absolute atomic E-state index is 0.242. The normalized spacial score (nSPS) is 22.7. The second-order valence-electron chi connectivity index (χ2n) is 8.68. The van der Waals surface area contributed by atoms with Gasteiger partial charge in [0.2, 0.25) is 10.0 Å². The Morgan fingerprint density at radius 3 is 2.65 bits per heavy atom. The van der Waals surface area contributed by atoms with E-state index in [-0.39, 0.29) is 4.90 Å². The van der Waals surface area contributed by atoms with Crippen LogP contribution in [0.25, 0.3) is 0 Å². The molecule has 0 amide bonds. The summed E-state index contributed by atoms with van der Waals surface area (Å²) in [6, 6.07) is 8.88. The van der Waals surface area contributed by atoms with Crippen molar-refractivity contribution in [1.82, 2.24) is 19.0 Å². The largest absolute Gasteiger partial charge is 0.492 e. The van der Waals surface area contributed by atoms with E-state index in [2.05, 4.69) is 22.1 Å². The maximum Gasteiger partial charge on any atom is 0.246 e. The Morgan fingerprint density at radius 2 is 1.84 bits per heavy atom. The Labute approximate surface area is 186 Å². The lowest BCUT2D eigenvalue weighted by Gasteiger charge is -2.36. The van der Waals surface area contributed by atoms with E-state index >= 15 is 0 Å². The van der Waals surface area contributed by atoms with Crippen molar-refractivity contribution >= 4 is 10.0 Å². The summed E-state index contributed by atoms with van der Waals surface area (Å²) in [5.74, 6) is 0.812. The molecular weight excluding hydrogens is 412 g/mol. The maximum atomic E-state index is 13.2. The fourth-order valence-electron chi connectivity index (χ4n) is 4.71. The molecular formula is C23H34N4O3S. The van der Waals surface area contributed by atoms with E-state index in [9.17, 15) is 8.42 Å². The molecule has 4 rings (SSSR count). The molecule has 0 radical (unpaired) electrons. The van der Waals surface area contributed by atoms with Gasteiger partial charge in [0.15, 0.2) is 0 Å². The molecule has 31 heavy (non-hydrogen) atoms. The van der Waals surface area contributed by atoms with E-state index < -0.39 is 10.0 Å². The third-order valence-electron chi connectivity index (χ3n) is 6.44. The summed E-state index contributed by atoms with van der Waals surface area (Å²) < 4.78 is 35.5. The highest BCUT2D eigenvalue weighted by molar-refractivity contribution is 7.89. The van der Waals surface area contributed by atoms with Crippen LogP contribution in [0.5, 0.6) is 5.75 Å². The molecule has 0 spiro atoms. The molecule has 1 atom stereocenters. The van der Waals surface area contributed by atoms with Gasteiger partial charge in [-0.15, -0.1) is 0 Å². The highest BCUT2D eigenvalue weighted by Crippen LogP contribution is 2.24. The second kappa shape index (κ2) is 10.1. The van der Waals surface area contributed by atoms with Gasteiger partial charge in [0.05, 0.1) is 6.20 Å². The van der Waals surface area contributed by atoms with Gasteiger partial charge in [0, 0.05) is 32.4 Å². The number of aryl methyl sites for hydroxylation is 2. The van der Waals surface area contributed by atoms with Gasteiger partial charge < -0.3 is 9.64 Å². The Hall–Kier alpha value is -1.90. The zero-order valence-electron chi connectivity index (χ0n) is 18.4. The van der Waals surface area contributed by atoms with E-state index in [1.54, 1.807) is 17.5 Å². The molecule has 2 aromatic rings. The van der Waals surface area contributed by atoms with Crippen molar-refractivity contribution < 1.29 is 13.2 Å². The molecule has 0 saturated carbocycles. The lowest BCUT2D eigenvalue weighted by molar-refractivity contribution is 0.137. The highest BCUT2D eigenvalue weighted by atomic mass is 32.2. The van der Waals surface area contributed by atoms with Gasteiger partial charge in [-0.25, -0.2) is 8.42 Å². The van der Waals surface area contributed by atoms with Gasteiger partial charge in [-0.05, 0) is 69.3 Å². The molecule has 1 aromatic heterocycles. The molecule has 2 bridgehead atoms. The van der Waals surface area contributed by atoms with Gasteiger partial charge in [-0.3, -0.25) is 4.68 Å². The van der Waals surface area contributed by atoms with Crippen LogP contribution in [0.15, 0.2) is 41.6 Å². The third-order valence-corrected chi connectivity index (χ3v) is 8.30. The van der Waals surface area contributed by atoms with Crippen LogP contribution in [0.4, 0.5) is 0 Å². The van der Waals surface area contributed by atoms with E-state index in [1.165, 1.54) is 42.1 Å². The zero-order valence-corrected chi connectivity index (χ0v) is 19.3. The SMILES string of the molecule is Cn1cc(S(=O)(=O)N2CCCCN3CCCCC3CCc3cccc(c3)OCC2)cn1. The molecule has 3 heterocycles. The average Bonchev–Trinajstić information content (AvgIpc) is 3.21. The van der Waals surface area contributed by atoms with Gasteiger partial charge in [0.25, 0.3) is 0 Å². The Morgan fingerprint density at radius 1 is 1.03 bits per heavy atom. The molecule has 1 unspecified atom stereocenters. The molecule has 7 nitrogen and oxygen atoms in total. The maximum absolute atomic E-state index is 13.2. The molecule has 8 heteroatoms. The number of rotatable bonds is 2. The van der Waals surface area contributed by atoms with Crippen molar-refractivity contribution in [3.63, 3.8) is 0 Å². The third kappa shape index (κ3) is 5.67. The average molecular weight is 447 g/mol. The molecule has 1 fully saturated rings. The predicted molar refractivity (Wildman–Crippen MR) is 121 cm³/mol. The number of hydrogen-bond acceptors (Lipinski definition) is 5. The molecule has 2 aliphatic heterocycles. The summed E-state index contributed by atoms with van der Waals surface area (Å²) in [4.78, 5) is 2.87. The second-order valence-corrected chi connectivity index (χ2v) is 10.6.